The average Bonchev–Trinajstić information content (AvgIpc) is 2.20. The third-order valence-electron chi connectivity index (χ3n) is 2.12. The van der Waals surface area contributed by atoms with E-state index in [-0.39, 0.29) is 9.52 Å². The van der Waals surface area contributed by atoms with Crippen LogP contribution < -0.4 is 5.73 Å². The third-order valence-corrected chi connectivity index (χ3v) is 4.09. The van der Waals surface area contributed by atoms with Crippen LogP contribution in [-0.4, -0.2) is 43.4 Å². The van der Waals surface area contributed by atoms with Crippen LogP contribution in [0.25, 0.3) is 0 Å². The van der Waals surface area contributed by atoms with Crippen LogP contribution in [0.5, 0.6) is 0 Å². The van der Waals surface area contributed by atoms with E-state index in [1.807, 2.05) is 0 Å². The van der Waals surface area contributed by atoms with Gasteiger partial charge in [-0.25, -0.2) is 0 Å². The normalized spacial score (nSPS) is 12.9. The van der Waals surface area contributed by atoms with E-state index in [0.717, 1.165) is 19.0 Å². The number of methoxy groups -OCH3 is 3. The smallest absolute Gasteiger partial charge is 0.278 e. The maximum Gasteiger partial charge on any atom is 0.278 e. The Balaban J connectivity index is 3.68. The van der Waals surface area contributed by atoms with Gasteiger partial charge in [0.05, 0.1) is 0 Å². The van der Waals surface area contributed by atoms with Gasteiger partial charge < -0.3 is 19.9 Å². The fourth-order valence-electron chi connectivity index (χ4n) is 1.22. The molecule has 0 saturated carbocycles. The van der Waals surface area contributed by atoms with Crippen molar-refractivity contribution in [3.05, 3.63) is 0 Å². The summed E-state index contributed by atoms with van der Waals surface area (Å²) in [6, 6.07) is 2.09. The van der Waals surface area contributed by atoms with E-state index in [1.54, 1.807) is 21.3 Å². The first kappa shape index (κ1) is 13.1. The highest BCUT2D eigenvalue weighted by Gasteiger charge is 2.28. The van der Waals surface area contributed by atoms with Gasteiger partial charge in [-0.15, -0.1) is 0 Å². The Morgan fingerprint density at radius 2 is 1.69 bits per heavy atom. The number of hydrogen-bond acceptors (Lipinski definition) is 4. The van der Waals surface area contributed by atoms with Gasteiger partial charge in [-0.2, -0.15) is 0 Å². The number of hydrogen-bond donors (Lipinski definition) is 1. The minimum Gasteiger partial charge on any atom is -0.331 e. The van der Waals surface area contributed by atoms with Gasteiger partial charge in [0.15, 0.2) is 0 Å². The lowest BCUT2D eigenvalue weighted by Crippen LogP contribution is -2.36. The molecule has 0 aliphatic rings. The molecule has 0 atom stereocenters. The van der Waals surface area contributed by atoms with Crippen molar-refractivity contribution in [2.24, 2.45) is 5.73 Å². The van der Waals surface area contributed by atoms with Crippen molar-refractivity contribution in [3.8, 4) is 0 Å². The largest absolute Gasteiger partial charge is 0.331 e. The molecule has 5 heteroatoms. The van der Waals surface area contributed by atoms with E-state index in [4.69, 9.17) is 19.9 Å². The fourth-order valence-corrected chi connectivity index (χ4v) is 3.16. The van der Waals surface area contributed by atoms with Gasteiger partial charge in [-0.1, -0.05) is 6.04 Å². The predicted octanol–water partition coefficient (Wildman–Crippen LogP) is -0.0664. The van der Waals surface area contributed by atoms with E-state index in [1.165, 1.54) is 6.04 Å². The second kappa shape index (κ2) is 7.46. The summed E-state index contributed by atoms with van der Waals surface area (Å²) < 4.78 is 15.5. The Hall–Kier alpha value is 0.0569. The lowest BCUT2D eigenvalue weighted by atomic mass is 10.5. The molecule has 0 aliphatic heterocycles. The molecule has 0 aliphatic carbocycles. The molecule has 0 aromatic carbocycles. The van der Waals surface area contributed by atoms with Gasteiger partial charge in [0.25, 0.3) is 5.97 Å². The van der Waals surface area contributed by atoms with Crippen molar-refractivity contribution in [3.63, 3.8) is 0 Å². The molecular weight excluding hydrogens is 186 g/mol. The van der Waals surface area contributed by atoms with E-state index in [9.17, 15) is 0 Å². The maximum atomic E-state index is 5.40. The summed E-state index contributed by atoms with van der Waals surface area (Å²) in [6.45, 7) is 0.771. The summed E-state index contributed by atoms with van der Waals surface area (Å²) in [5.74, 6) is -0.805. The van der Waals surface area contributed by atoms with Crippen LogP contribution in [0.2, 0.25) is 12.1 Å². The first-order chi connectivity index (χ1) is 6.24. The Kier molecular flexibility index (Phi) is 7.49. The molecular formula is C8H21NO3Si. The molecule has 0 amide bonds. The van der Waals surface area contributed by atoms with Crippen LogP contribution in [0.3, 0.4) is 0 Å². The highest BCUT2D eigenvalue weighted by molar-refractivity contribution is 6.35. The van der Waals surface area contributed by atoms with Crippen LogP contribution in [-0.2, 0) is 14.2 Å². The topological polar surface area (TPSA) is 53.7 Å². The summed E-state index contributed by atoms with van der Waals surface area (Å²) in [4.78, 5) is 0. The summed E-state index contributed by atoms with van der Waals surface area (Å²) >= 11 is 0. The van der Waals surface area contributed by atoms with E-state index in [2.05, 4.69) is 0 Å². The second-order valence-electron chi connectivity index (χ2n) is 2.89. The molecule has 4 nitrogen and oxygen atoms in total. The molecule has 0 saturated heterocycles. The Bertz CT molecular complexity index is 112. The predicted molar refractivity (Wildman–Crippen MR) is 55.6 cm³/mol. The standard InChI is InChI=1S/C8H21NO3Si/c1-10-8(11-2,12-3)7-13-6-4-5-9/h4-7,9,13H2,1-3H3. The summed E-state index contributed by atoms with van der Waals surface area (Å²) in [6.07, 6.45) is 1.10. The van der Waals surface area contributed by atoms with E-state index in [0.29, 0.717) is 0 Å². The molecule has 0 rings (SSSR count). The lowest BCUT2D eigenvalue weighted by Gasteiger charge is -2.28. The average molecular weight is 207 g/mol. The van der Waals surface area contributed by atoms with E-state index < -0.39 is 5.97 Å². The molecule has 0 spiro atoms. The zero-order valence-electron chi connectivity index (χ0n) is 8.84. The first-order valence-electron chi connectivity index (χ1n) is 4.60. The van der Waals surface area contributed by atoms with Crippen LogP contribution in [0.4, 0.5) is 0 Å². The lowest BCUT2D eigenvalue weighted by molar-refractivity contribution is -0.339. The molecule has 0 bridgehead atoms. The molecule has 13 heavy (non-hydrogen) atoms. The Morgan fingerprint density at radius 3 is 2.08 bits per heavy atom. The van der Waals surface area contributed by atoms with Crippen molar-refractivity contribution in [1.29, 1.82) is 0 Å². The molecule has 2 N–H and O–H groups in total. The first-order valence-corrected chi connectivity index (χ1v) is 6.60. The monoisotopic (exact) mass is 207 g/mol. The summed E-state index contributed by atoms with van der Waals surface area (Å²) in [7, 11) is 4.61. The van der Waals surface area contributed by atoms with Gasteiger partial charge >= 0.3 is 0 Å². The number of nitrogens with two attached hydrogens (primary N) is 1. The van der Waals surface area contributed by atoms with Crippen molar-refractivity contribution in [1.82, 2.24) is 0 Å². The van der Waals surface area contributed by atoms with Crippen molar-refractivity contribution in [2.75, 3.05) is 27.9 Å². The Labute approximate surface area is 82.5 Å². The van der Waals surface area contributed by atoms with Crippen LogP contribution >= 0.6 is 0 Å². The highest BCUT2D eigenvalue weighted by Crippen LogP contribution is 2.17. The van der Waals surface area contributed by atoms with Gasteiger partial charge in [0, 0.05) is 36.9 Å². The minimum absolute atomic E-state index is 0.192. The van der Waals surface area contributed by atoms with Gasteiger partial charge in [-0.05, 0) is 13.0 Å². The zero-order chi connectivity index (χ0) is 10.2. The van der Waals surface area contributed by atoms with Crippen LogP contribution in [0.1, 0.15) is 6.42 Å². The molecule has 0 aromatic heterocycles. The van der Waals surface area contributed by atoms with Crippen molar-refractivity contribution in [2.45, 2.75) is 24.5 Å². The third kappa shape index (κ3) is 4.73. The zero-order valence-corrected chi connectivity index (χ0v) is 10.3. The van der Waals surface area contributed by atoms with Gasteiger partial charge in [0.2, 0.25) is 0 Å². The summed E-state index contributed by atoms with van der Waals surface area (Å²) in [5.41, 5.74) is 5.40. The number of ether oxygens (including phenoxy) is 3. The van der Waals surface area contributed by atoms with Gasteiger partial charge in [-0.3, -0.25) is 0 Å². The van der Waals surface area contributed by atoms with Gasteiger partial charge in [0.1, 0.15) is 0 Å². The fraction of sp³-hybridized carbons (Fsp3) is 1.00. The Morgan fingerprint density at radius 1 is 1.15 bits per heavy atom. The highest BCUT2D eigenvalue weighted by atomic mass is 28.2. The molecule has 80 valence electrons. The molecule has 0 radical (unpaired) electrons. The van der Waals surface area contributed by atoms with Crippen molar-refractivity contribution < 1.29 is 14.2 Å². The molecule has 0 aromatic rings. The molecule has 0 heterocycles. The number of rotatable bonds is 8. The SMILES string of the molecule is COC(C[SiH2]CCCN)(OC)OC. The quantitative estimate of drug-likeness (QED) is 0.344. The second-order valence-corrected chi connectivity index (χ2v) is 4.81. The molecule has 0 unspecified atom stereocenters. The maximum absolute atomic E-state index is 5.40. The van der Waals surface area contributed by atoms with Crippen molar-refractivity contribution >= 4 is 9.52 Å². The van der Waals surface area contributed by atoms with Crippen LogP contribution in [0, 0.1) is 0 Å². The molecule has 0 fully saturated rings. The van der Waals surface area contributed by atoms with Crippen LogP contribution in [0.15, 0.2) is 0 Å². The van der Waals surface area contributed by atoms with E-state index >= 15 is 0 Å². The summed E-state index contributed by atoms with van der Waals surface area (Å²) in [5, 5.41) is 0. The minimum atomic E-state index is -0.805.